The van der Waals surface area contributed by atoms with Crippen LogP contribution in [0.25, 0.3) is 0 Å². The van der Waals surface area contributed by atoms with Gasteiger partial charge in [0, 0.05) is 5.02 Å². The van der Waals surface area contributed by atoms with Gasteiger partial charge >= 0.3 is 5.97 Å². The molecule has 2 aromatic carbocycles. The van der Waals surface area contributed by atoms with Crippen molar-refractivity contribution in [2.24, 2.45) is 10.2 Å². The lowest BCUT2D eigenvalue weighted by Gasteiger charge is -2.06. The molecular formula is C17H11Cl2N3O3S. The zero-order valence-electron chi connectivity index (χ0n) is 13.1. The molecule has 1 aliphatic rings. The van der Waals surface area contributed by atoms with E-state index < -0.39 is 5.97 Å². The summed E-state index contributed by atoms with van der Waals surface area (Å²) in [6.07, 6.45) is 1.49. The number of amidine groups is 1. The van der Waals surface area contributed by atoms with Crippen LogP contribution in [-0.2, 0) is 4.79 Å². The summed E-state index contributed by atoms with van der Waals surface area (Å²) in [5.41, 5.74) is 0.895. The van der Waals surface area contributed by atoms with Gasteiger partial charge in [0.1, 0.15) is 5.75 Å². The van der Waals surface area contributed by atoms with E-state index in [1.807, 2.05) is 0 Å². The number of thioether (sulfide) groups is 1. The third-order valence-corrected chi connectivity index (χ3v) is 4.57. The van der Waals surface area contributed by atoms with Gasteiger partial charge in [0.25, 0.3) is 0 Å². The first-order valence-electron chi connectivity index (χ1n) is 7.32. The zero-order chi connectivity index (χ0) is 18.5. The Bertz CT molecular complexity index is 931. The smallest absolute Gasteiger partial charge is 0.345 e. The van der Waals surface area contributed by atoms with Crippen molar-refractivity contribution in [3.05, 3.63) is 63.6 Å². The van der Waals surface area contributed by atoms with E-state index in [1.54, 1.807) is 30.3 Å². The van der Waals surface area contributed by atoms with E-state index in [9.17, 15) is 9.59 Å². The predicted molar refractivity (Wildman–Crippen MR) is 103 cm³/mol. The monoisotopic (exact) mass is 407 g/mol. The van der Waals surface area contributed by atoms with E-state index in [4.69, 9.17) is 27.9 Å². The highest BCUT2D eigenvalue weighted by molar-refractivity contribution is 8.15. The second-order valence-corrected chi connectivity index (χ2v) is 6.88. The Balaban J connectivity index is 1.69. The number of ether oxygens (including phenoxy) is 1. The lowest BCUT2D eigenvalue weighted by molar-refractivity contribution is -0.116. The molecule has 3 rings (SSSR count). The number of esters is 1. The van der Waals surface area contributed by atoms with Gasteiger partial charge in [-0.05, 0) is 35.9 Å². The van der Waals surface area contributed by atoms with Crippen LogP contribution in [0.2, 0.25) is 10.0 Å². The van der Waals surface area contributed by atoms with Gasteiger partial charge in [-0.15, -0.1) is 5.10 Å². The Kier molecular flexibility index (Phi) is 5.92. The van der Waals surface area contributed by atoms with Gasteiger partial charge in [0.2, 0.25) is 5.91 Å². The number of nitrogens with zero attached hydrogens (tertiary/aromatic N) is 2. The Morgan fingerprint density at radius 2 is 2.08 bits per heavy atom. The molecule has 9 heteroatoms. The highest BCUT2D eigenvalue weighted by atomic mass is 35.5. The maximum Gasteiger partial charge on any atom is 0.345 e. The molecule has 1 N–H and O–H groups in total. The van der Waals surface area contributed by atoms with Gasteiger partial charge in [-0.25, -0.2) is 4.79 Å². The maximum atomic E-state index is 12.2. The number of carbonyl (C=O) groups excluding carboxylic acids is 2. The van der Waals surface area contributed by atoms with Crippen molar-refractivity contribution in [2.75, 3.05) is 5.75 Å². The molecule has 6 nitrogen and oxygen atoms in total. The normalized spacial score (nSPS) is 15.5. The van der Waals surface area contributed by atoms with Crippen LogP contribution in [0, 0.1) is 0 Å². The average Bonchev–Trinajstić information content (AvgIpc) is 3.00. The van der Waals surface area contributed by atoms with E-state index in [0.717, 1.165) is 0 Å². The molecule has 0 bridgehead atoms. The molecule has 0 aliphatic carbocycles. The minimum atomic E-state index is -0.592. The molecule has 0 atom stereocenters. The molecule has 0 spiro atoms. The summed E-state index contributed by atoms with van der Waals surface area (Å²) in [7, 11) is 0. The van der Waals surface area contributed by atoms with Crippen LogP contribution in [0.15, 0.2) is 52.7 Å². The average molecular weight is 408 g/mol. The van der Waals surface area contributed by atoms with Crippen LogP contribution in [0.5, 0.6) is 5.75 Å². The Labute approximate surface area is 163 Å². The quantitative estimate of drug-likeness (QED) is 0.362. The number of amides is 1. The second kappa shape index (κ2) is 8.35. The van der Waals surface area contributed by atoms with Crippen molar-refractivity contribution < 1.29 is 14.3 Å². The molecule has 0 radical (unpaired) electrons. The Hall–Kier alpha value is -2.35. The van der Waals surface area contributed by atoms with Crippen molar-refractivity contribution in [1.29, 1.82) is 0 Å². The first kappa shape index (κ1) is 18.4. The van der Waals surface area contributed by atoms with Gasteiger partial charge in [-0.2, -0.15) is 5.10 Å². The lowest BCUT2D eigenvalue weighted by atomic mass is 10.2. The first-order chi connectivity index (χ1) is 12.5. The highest BCUT2D eigenvalue weighted by Crippen LogP contribution is 2.23. The molecule has 1 heterocycles. The molecule has 0 unspecified atom stereocenters. The van der Waals surface area contributed by atoms with Crippen molar-refractivity contribution >= 4 is 58.2 Å². The number of halogens is 2. The third-order valence-electron chi connectivity index (χ3n) is 3.16. The van der Waals surface area contributed by atoms with Crippen LogP contribution < -0.4 is 10.1 Å². The van der Waals surface area contributed by atoms with Crippen LogP contribution in [-0.4, -0.2) is 29.0 Å². The SMILES string of the molecule is O=C1CSC(=NN=Cc2cccc(OC(=O)c3ccc(Cl)cc3Cl)c2)N1. The molecule has 0 aromatic heterocycles. The minimum Gasteiger partial charge on any atom is -0.423 e. The van der Waals surface area contributed by atoms with Crippen molar-refractivity contribution in [1.82, 2.24) is 5.32 Å². The summed E-state index contributed by atoms with van der Waals surface area (Å²) >= 11 is 13.1. The summed E-state index contributed by atoms with van der Waals surface area (Å²) in [4.78, 5) is 23.3. The summed E-state index contributed by atoms with van der Waals surface area (Å²) in [6, 6.07) is 11.3. The van der Waals surface area contributed by atoms with E-state index in [2.05, 4.69) is 15.5 Å². The largest absolute Gasteiger partial charge is 0.423 e. The fourth-order valence-electron chi connectivity index (χ4n) is 2.00. The van der Waals surface area contributed by atoms with Crippen LogP contribution >= 0.6 is 35.0 Å². The minimum absolute atomic E-state index is 0.0984. The van der Waals surface area contributed by atoms with Gasteiger partial charge in [0.15, 0.2) is 5.17 Å². The number of carbonyl (C=O) groups is 2. The van der Waals surface area contributed by atoms with Crippen molar-refractivity contribution in [3.8, 4) is 5.75 Å². The number of hydrogen-bond donors (Lipinski definition) is 1. The van der Waals surface area contributed by atoms with Crippen LogP contribution in [0.1, 0.15) is 15.9 Å². The summed E-state index contributed by atoms with van der Waals surface area (Å²) in [5.74, 6) is -0.0153. The molecule has 2 aromatic rings. The molecule has 1 amide bonds. The number of hydrogen-bond acceptors (Lipinski definition) is 6. The maximum absolute atomic E-state index is 12.2. The fraction of sp³-hybridized carbons (Fsp3) is 0.0588. The Morgan fingerprint density at radius 3 is 2.81 bits per heavy atom. The number of nitrogens with one attached hydrogen (secondary N) is 1. The third kappa shape index (κ3) is 4.85. The van der Waals surface area contributed by atoms with E-state index >= 15 is 0 Å². The summed E-state index contributed by atoms with van der Waals surface area (Å²) in [5, 5.41) is 11.5. The predicted octanol–water partition coefficient (Wildman–Crippen LogP) is 3.77. The number of rotatable bonds is 4. The molecule has 0 saturated carbocycles. The molecule has 132 valence electrons. The Morgan fingerprint density at radius 1 is 1.23 bits per heavy atom. The van der Waals surface area contributed by atoms with Gasteiger partial charge in [0.05, 0.1) is 22.6 Å². The summed E-state index contributed by atoms with van der Waals surface area (Å²) in [6.45, 7) is 0. The fourth-order valence-corrected chi connectivity index (χ4v) is 3.12. The summed E-state index contributed by atoms with van der Waals surface area (Å²) < 4.78 is 5.33. The van der Waals surface area contributed by atoms with Crippen molar-refractivity contribution in [2.45, 2.75) is 0 Å². The van der Waals surface area contributed by atoms with Gasteiger partial charge < -0.3 is 10.1 Å². The molecular weight excluding hydrogens is 397 g/mol. The highest BCUT2D eigenvalue weighted by Gasteiger charge is 2.16. The van der Waals surface area contributed by atoms with Crippen LogP contribution in [0.4, 0.5) is 0 Å². The van der Waals surface area contributed by atoms with E-state index in [0.29, 0.717) is 27.3 Å². The lowest BCUT2D eigenvalue weighted by Crippen LogP contribution is -2.19. The van der Waals surface area contributed by atoms with Crippen molar-refractivity contribution in [3.63, 3.8) is 0 Å². The standard InChI is InChI=1S/C17H11Cl2N3O3S/c18-11-4-5-13(14(19)7-11)16(24)25-12-3-1-2-10(6-12)8-20-22-17-21-15(23)9-26-17/h1-8H,9H2,(H,21,22,23). The molecule has 1 saturated heterocycles. The van der Waals surface area contributed by atoms with Gasteiger partial charge in [-0.1, -0.05) is 47.1 Å². The van der Waals surface area contributed by atoms with E-state index in [-0.39, 0.29) is 16.5 Å². The van der Waals surface area contributed by atoms with E-state index in [1.165, 1.54) is 30.1 Å². The molecule has 1 aliphatic heterocycles. The first-order valence-corrected chi connectivity index (χ1v) is 9.06. The zero-order valence-corrected chi connectivity index (χ0v) is 15.4. The molecule has 1 fully saturated rings. The number of benzene rings is 2. The molecule has 26 heavy (non-hydrogen) atoms. The topological polar surface area (TPSA) is 80.1 Å². The van der Waals surface area contributed by atoms with Gasteiger partial charge in [-0.3, -0.25) is 4.79 Å². The second-order valence-electron chi connectivity index (χ2n) is 5.07. The van der Waals surface area contributed by atoms with Crippen LogP contribution in [0.3, 0.4) is 0 Å².